The van der Waals surface area contributed by atoms with Gasteiger partial charge in [-0.1, -0.05) is 12.8 Å². The Balaban J connectivity index is 1.08. The SMILES string of the molecule is O=C(OCCCCCCNS(=O)(=O)C(F)(F)F)C12CC3CC4CC(C1)C432. The van der Waals surface area contributed by atoms with E-state index in [9.17, 15) is 26.4 Å². The second-order valence-corrected chi connectivity index (χ2v) is 10.1. The van der Waals surface area contributed by atoms with Gasteiger partial charge in [-0.2, -0.15) is 13.2 Å². The summed E-state index contributed by atoms with van der Waals surface area (Å²) in [7, 11) is -5.24. The molecule has 4 saturated carbocycles. The normalized spacial score (nSPS) is 39.4. The molecule has 148 valence electrons. The van der Waals surface area contributed by atoms with Gasteiger partial charge in [0.05, 0.1) is 12.0 Å². The van der Waals surface area contributed by atoms with Crippen molar-refractivity contribution in [3.8, 4) is 0 Å². The van der Waals surface area contributed by atoms with Crippen LogP contribution in [0.15, 0.2) is 0 Å². The molecular weight excluding hydrogens is 371 g/mol. The minimum atomic E-state index is -5.26. The average molecular weight is 395 g/mol. The van der Waals surface area contributed by atoms with Crippen molar-refractivity contribution in [3.63, 3.8) is 0 Å². The molecule has 1 spiro atoms. The number of rotatable bonds is 9. The van der Waals surface area contributed by atoms with Crippen molar-refractivity contribution < 1.29 is 31.1 Å². The van der Waals surface area contributed by atoms with Gasteiger partial charge in [0, 0.05) is 6.54 Å². The van der Waals surface area contributed by atoms with Gasteiger partial charge in [0.2, 0.25) is 0 Å². The monoisotopic (exact) mass is 395 g/mol. The number of carbonyl (C=O) groups is 1. The topological polar surface area (TPSA) is 72.5 Å². The van der Waals surface area contributed by atoms with Gasteiger partial charge in [0.15, 0.2) is 0 Å². The van der Waals surface area contributed by atoms with E-state index in [1.807, 2.05) is 0 Å². The number of alkyl halides is 3. The summed E-state index contributed by atoms with van der Waals surface area (Å²) in [4.78, 5) is 12.5. The lowest BCUT2D eigenvalue weighted by molar-refractivity contribution is -0.418. The largest absolute Gasteiger partial charge is 0.511 e. The Labute approximate surface area is 151 Å². The van der Waals surface area contributed by atoms with Crippen molar-refractivity contribution >= 4 is 16.0 Å². The fourth-order valence-corrected chi connectivity index (χ4v) is 7.03. The van der Waals surface area contributed by atoms with Crippen molar-refractivity contribution in [2.24, 2.45) is 28.6 Å². The number of hydrogen-bond acceptors (Lipinski definition) is 4. The second-order valence-electron chi connectivity index (χ2n) is 8.38. The van der Waals surface area contributed by atoms with E-state index >= 15 is 0 Å². The summed E-state index contributed by atoms with van der Waals surface area (Å²) in [6, 6.07) is 0. The van der Waals surface area contributed by atoms with E-state index < -0.39 is 15.5 Å². The van der Waals surface area contributed by atoms with Crippen molar-refractivity contribution in [3.05, 3.63) is 0 Å². The predicted octanol–water partition coefficient (Wildman–Crippen LogP) is 2.97. The number of halogens is 3. The van der Waals surface area contributed by atoms with E-state index in [0.717, 1.165) is 30.6 Å². The molecule has 4 aliphatic carbocycles. The molecular formula is C17H24F3NO4S. The molecule has 1 N–H and O–H groups in total. The molecule has 0 bridgehead atoms. The Bertz CT molecular complexity index is 680. The highest BCUT2D eigenvalue weighted by Gasteiger charge is 2.90. The third-order valence-corrected chi connectivity index (χ3v) is 8.67. The van der Waals surface area contributed by atoms with Crippen molar-refractivity contribution in [2.75, 3.05) is 13.2 Å². The number of esters is 1. The molecule has 0 aromatic carbocycles. The molecule has 0 aromatic rings. The smallest absolute Gasteiger partial charge is 0.465 e. The van der Waals surface area contributed by atoms with E-state index in [1.54, 1.807) is 4.72 Å². The van der Waals surface area contributed by atoms with Gasteiger partial charge in [0.1, 0.15) is 0 Å². The van der Waals surface area contributed by atoms with E-state index in [4.69, 9.17) is 4.74 Å². The molecule has 4 aliphatic rings. The summed E-state index contributed by atoms with van der Waals surface area (Å²) in [5.74, 6) is 2.24. The van der Waals surface area contributed by atoms with Crippen LogP contribution < -0.4 is 4.72 Å². The Morgan fingerprint density at radius 3 is 2.19 bits per heavy atom. The number of hydrogen-bond donors (Lipinski definition) is 1. The third-order valence-electron chi connectivity index (χ3n) is 7.48. The summed E-state index contributed by atoms with van der Waals surface area (Å²) in [6.07, 6.45) is 6.83. The first-order valence-electron chi connectivity index (χ1n) is 9.38. The Morgan fingerprint density at radius 1 is 1.04 bits per heavy atom. The first kappa shape index (κ1) is 18.5. The van der Waals surface area contributed by atoms with Crippen LogP contribution in [0.25, 0.3) is 0 Å². The zero-order chi connectivity index (χ0) is 18.8. The number of nitrogens with one attached hydrogen (secondary N) is 1. The van der Waals surface area contributed by atoms with Gasteiger partial charge in [0.25, 0.3) is 0 Å². The van der Waals surface area contributed by atoms with Crippen LogP contribution in [-0.2, 0) is 19.6 Å². The zero-order valence-corrected chi connectivity index (χ0v) is 15.3. The highest BCUT2D eigenvalue weighted by molar-refractivity contribution is 7.90. The molecule has 0 radical (unpaired) electrons. The molecule has 0 saturated heterocycles. The first-order valence-corrected chi connectivity index (χ1v) is 10.9. The van der Waals surface area contributed by atoms with E-state index in [1.165, 1.54) is 12.8 Å². The predicted molar refractivity (Wildman–Crippen MR) is 86.2 cm³/mol. The quantitative estimate of drug-likeness (QED) is 0.481. The Morgan fingerprint density at radius 2 is 1.65 bits per heavy atom. The third kappa shape index (κ3) is 2.25. The second kappa shape index (κ2) is 5.83. The van der Waals surface area contributed by atoms with Gasteiger partial charge in [-0.3, -0.25) is 4.79 Å². The minimum absolute atomic E-state index is 0.0349. The Kier molecular flexibility index (Phi) is 4.16. The molecule has 0 heterocycles. The van der Waals surface area contributed by atoms with Gasteiger partial charge in [-0.15, -0.1) is 0 Å². The molecule has 5 nitrogen and oxygen atoms in total. The highest BCUT2D eigenvalue weighted by Crippen LogP contribution is 2.93. The molecule has 26 heavy (non-hydrogen) atoms. The van der Waals surface area contributed by atoms with E-state index in [2.05, 4.69) is 0 Å². The van der Waals surface area contributed by atoms with E-state index in [-0.39, 0.29) is 17.9 Å². The maximum Gasteiger partial charge on any atom is 0.511 e. The minimum Gasteiger partial charge on any atom is -0.465 e. The Hall–Kier alpha value is -0.830. The molecule has 0 amide bonds. The van der Waals surface area contributed by atoms with Gasteiger partial charge >= 0.3 is 21.5 Å². The number of ether oxygens (including phenoxy) is 1. The van der Waals surface area contributed by atoms with Gasteiger partial charge in [-0.05, 0) is 61.7 Å². The maximum atomic E-state index is 12.5. The number of carbonyl (C=O) groups excluding carboxylic acids is 1. The molecule has 2 atom stereocenters. The molecule has 0 aliphatic heterocycles. The standard InChI is InChI=1S/C17H24F3NO4S/c18-17(19,20)26(23,24)21-5-3-1-2-4-6-25-14(22)15-9-12-7-11-8-13(10-15)16(11,12)15/h11-13,21H,1-10H2. The first-order chi connectivity index (χ1) is 12.2. The molecule has 0 aromatic heterocycles. The van der Waals surface area contributed by atoms with Crippen LogP contribution in [0, 0.1) is 28.6 Å². The van der Waals surface area contributed by atoms with Crippen molar-refractivity contribution in [1.82, 2.24) is 4.72 Å². The lowest BCUT2D eigenvalue weighted by atomic mass is 9.13. The fraction of sp³-hybridized carbons (Fsp3) is 0.941. The number of unbranched alkanes of at least 4 members (excludes halogenated alkanes) is 3. The van der Waals surface area contributed by atoms with Gasteiger partial charge in [-0.25, -0.2) is 13.1 Å². The zero-order valence-electron chi connectivity index (χ0n) is 14.5. The summed E-state index contributed by atoms with van der Waals surface area (Å²) in [5.41, 5.74) is -5.12. The van der Waals surface area contributed by atoms with Crippen molar-refractivity contribution in [1.29, 1.82) is 0 Å². The van der Waals surface area contributed by atoms with Gasteiger partial charge < -0.3 is 4.74 Å². The van der Waals surface area contributed by atoms with Crippen LogP contribution in [0.1, 0.15) is 51.4 Å². The molecule has 4 fully saturated rings. The van der Waals surface area contributed by atoms with Crippen LogP contribution in [0.3, 0.4) is 0 Å². The van der Waals surface area contributed by atoms with Crippen LogP contribution in [0.2, 0.25) is 0 Å². The number of sulfonamides is 1. The lowest BCUT2D eigenvalue weighted by Crippen LogP contribution is -2.87. The molecule has 2 unspecified atom stereocenters. The van der Waals surface area contributed by atoms with E-state index in [0.29, 0.717) is 37.7 Å². The van der Waals surface area contributed by atoms with Crippen molar-refractivity contribution in [2.45, 2.75) is 56.9 Å². The van der Waals surface area contributed by atoms with Crippen LogP contribution in [-0.4, -0.2) is 33.0 Å². The van der Waals surface area contributed by atoms with Crippen LogP contribution in [0.5, 0.6) is 0 Å². The highest BCUT2D eigenvalue weighted by atomic mass is 32.2. The molecule has 4 rings (SSSR count). The maximum absolute atomic E-state index is 12.5. The summed E-state index contributed by atoms with van der Waals surface area (Å²) >= 11 is 0. The summed E-state index contributed by atoms with van der Waals surface area (Å²) < 4.78 is 65.0. The summed E-state index contributed by atoms with van der Waals surface area (Å²) in [5, 5.41) is 0. The fourth-order valence-electron chi connectivity index (χ4n) is 6.45. The van der Waals surface area contributed by atoms with Crippen LogP contribution in [0.4, 0.5) is 13.2 Å². The van der Waals surface area contributed by atoms with Crippen LogP contribution >= 0.6 is 0 Å². The summed E-state index contributed by atoms with van der Waals surface area (Å²) in [6.45, 7) is 0.0996. The lowest BCUT2D eigenvalue weighted by Gasteiger charge is -2.89. The molecule has 9 heteroatoms. The average Bonchev–Trinajstić information content (AvgIpc) is 2.45.